The van der Waals surface area contributed by atoms with Gasteiger partial charge in [-0.2, -0.15) is 0 Å². The van der Waals surface area contributed by atoms with Crippen LogP contribution in [-0.4, -0.2) is 29.4 Å². The Morgan fingerprint density at radius 1 is 1.53 bits per heavy atom. The average molecular weight is 261 g/mol. The van der Waals surface area contributed by atoms with E-state index in [9.17, 15) is 0 Å². The summed E-state index contributed by atoms with van der Waals surface area (Å²) in [7, 11) is 1.65. The summed E-state index contributed by atoms with van der Waals surface area (Å²) in [6, 6.07) is 5.89. The van der Waals surface area contributed by atoms with Gasteiger partial charge in [-0.25, -0.2) is 4.98 Å². The summed E-state index contributed by atoms with van der Waals surface area (Å²) in [5.41, 5.74) is 7.79. The van der Waals surface area contributed by atoms with E-state index in [1.807, 2.05) is 18.2 Å². The van der Waals surface area contributed by atoms with Crippen LogP contribution in [0.5, 0.6) is 5.75 Å². The molecule has 2 N–H and O–H groups in total. The molecule has 5 heteroatoms. The zero-order valence-corrected chi connectivity index (χ0v) is 11.5. The summed E-state index contributed by atoms with van der Waals surface area (Å²) in [5, 5.41) is 0. The number of para-hydroxylation sites is 1. The quantitative estimate of drug-likeness (QED) is 0.899. The normalized spacial score (nSPS) is 27.0. The Balaban J connectivity index is 2.27. The molecule has 2 unspecified atom stereocenters. The number of methoxy groups -OCH3 is 1. The lowest BCUT2D eigenvalue weighted by Gasteiger charge is -2.31. The highest BCUT2D eigenvalue weighted by molar-refractivity contribution is 5.84. The van der Waals surface area contributed by atoms with Crippen molar-refractivity contribution in [2.75, 3.05) is 19.5 Å². The Labute approximate surface area is 112 Å². The molecule has 2 heterocycles. The van der Waals surface area contributed by atoms with Gasteiger partial charge in [0.05, 0.1) is 24.3 Å². The first-order valence-electron chi connectivity index (χ1n) is 6.51. The summed E-state index contributed by atoms with van der Waals surface area (Å²) in [6.45, 7) is 5.00. The molecule has 0 aliphatic carbocycles. The van der Waals surface area contributed by atoms with Crippen molar-refractivity contribution in [2.45, 2.75) is 31.9 Å². The van der Waals surface area contributed by atoms with Crippen LogP contribution in [0.15, 0.2) is 18.2 Å². The summed E-state index contributed by atoms with van der Waals surface area (Å²) >= 11 is 0. The van der Waals surface area contributed by atoms with Gasteiger partial charge in [-0.1, -0.05) is 6.07 Å². The number of hydrogen-bond donors (Lipinski definition) is 1. The van der Waals surface area contributed by atoms with E-state index in [0.29, 0.717) is 5.95 Å². The minimum absolute atomic E-state index is 0.110. The lowest BCUT2D eigenvalue weighted by molar-refractivity contribution is 0.0783. The van der Waals surface area contributed by atoms with Crippen molar-refractivity contribution < 1.29 is 9.47 Å². The van der Waals surface area contributed by atoms with Gasteiger partial charge in [-0.15, -0.1) is 0 Å². The van der Waals surface area contributed by atoms with Gasteiger partial charge in [0.1, 0.15) is 11.3 Å². The van der Waals surface area contributed by atoms with E-state index in [1.54, 1.807) is 7.11 Å². The molecule has 1 aromatic carbocycles. The monoisotopic (exact) mass is 261 g/mol. The van der Waals surface area contributed by atoms with Gasteiger partial charge >= 0.3 is 0 Å². The number of benzene rings is 1. The molecule has 0 spiro atoms. The van der Waals surface area contributed by atoms with E-state index in [-0.39, 0.29) is 11.6 Å². The van der Waals surface area contributed by atoms with Crippen LogP contribution >= 0.6 is 0 Å². The summed E-state index contributed by atoms with van der Waals surface area (Å²) in [4.78, 5) is 4.47. The molecule has 1 aromatic heterocycles. The maximum atomic E-state index is 6.14. The largest absolute Gasteiger partial charge is 0.494 e. The molecule has 0 amide bonds. The van der Waals surface area contributed by atoms with Gasteiger partial charge in [0.25, 0.3) is 0 Å². The number of imidazole rings is 1. The summed E-state index contributed by atoms with van der Waals surface area (Å²) in [6.07, 6.45) is 1.04. The average Bonchev–Trinajstić information content (AvgIpc) is 2.89. The van der Waals surface area contributed by atoms with Crippen LogP contribution in [0.3, 0.4) is 0 Å². The molecule has 1 fully saturated rings. The lowest BCUT2D eigenvalue weighted by atomic mass is 9.94. The molecular weight excluding hydrogens is 242 g/mol. The Morgan fingerprint density at radius 2 is 2.32 bits per heavy atom. The maximum absolute atomic E-state index is 6.14. The van der Waals surface area contributed by atoms with Gasteiger partial charge in [-0.3, -0.25) is 0 Å². The Bertz CT molecular complexity index is 622. The Kier molecular flexibility index (Phi) is 2.67. The molecule has 102 valence electrons. The van der Waals surface area contributed by atoms with Crippen LogP contribution in [0.1, 0.15) is 20.3 Å². The van der Waals surface area contributed by atoms with Gasteiger partial charge in [0.15, 0.2) is 0 Å². The van der Waals surface area contributed by atoms with Gasteiger partial charge in [-0.05, 0) is 32.4 Å². The number of hydrogen-bond acceptors (Lipinski definition) is 4. The zero-order valence-electron chi connectivity index (χ0n) is 11.5. The zero-order chi connectivity index (χ0) is 13.6. The highest BCUT2D eigenvalue weighted by atomic mass is 16.5. The van der Waals surface area contributed by atoms with Crippen molar-refractivity contribution in [3.8, 4) is 5.75 Å². The van der Waals surface area contributed by atoms with Crippen LogP contribution in [0, 0.1) is 0 Å². The van der Waals surface area contributed by atoms with Crippen LogP contribution in [0.4, 0.5) is 5.95 Å². The molecular formula is C14H19N3O2. The number of nitrogens with two attached hydrogens (primary N) is 1. The number of anilines is 1. The molecule has 0 bridgehead atoms. The molecule has 0 radical (unpaired) electrons. The van der Waals surface area contributed by atoms with Gasteiger partial charge < -0.3 is 19.8 Å². The highest BCUT2D eigenvalue weighted by Gasteiger charge is 2.41. The topological polar surface area (TPSA) is 62.3 Å². The Hall–Kier alpha value is -1.75. The molecule has 1 aliphatic rings. The van der Waals surface area contributed by atoms with Crippen molar-refractivity contribution in [3.63, 3.8) is 0 Å². The Morgan fingerprint density at radius 3 is 2.95 bits per heavy atom. The van der Waals surface area contributed by atoms with Crippen molar-refractivity contribution in [1.29, 1.82) is 0 Å². The lowest BCUT2D eigenvalue weighted by Crippen LogP contribution is -2.37. The van der Waals surface area contributed by atoms with E-state index >= 15 is 0 Å². The molecule has 2 atom stereocenters. The third-order valence-electron chi connectivity index (χ3n) is 4.26. The minimum atomic E-state index is -0.162. The summed E-state index contributed by atoms with van der Waals surface area (Å²) in [5.74, 6) is 1.26. The number of nitrogen functional groups attached to an aromatic ring is 1. The van der Waals surface area contributed by atoms with E-state index in [1.165, 1.54) is 0 Å². The van der Waals surface area contributed by atoms with Crippen molar-refractivity contribution in [1.82, 2.24) is 9.55 Å². The second-order valence-corrected chi connectivity index (χ2v) is 5.25. The third kappa shape index (κ3) is 1.61. The predicted molar refractivity (Wildman–Crippen MR) is 74.4 cm³/mol. The fourth-order valence-corrected chi connectivity index (χ4v) is 2.91. The third-order valence-corrected chi connectivity index (χ3v) is 4.26. The number of aromatic nitrogens is 2. The van der Waals surface area contributed by atoms with Gasteiger partial charge in [0, 0.05) is 6.61 Å². The van der Waals surface area contributed by atoms with Crippen LogP contribution in [0.2, 0.25) is 0 Å². The fraction of sp³-hybridized carbons (Fsp3) is 0.500. The first-order valence-corrected chi connectivity index (χ1v) is 6.51. The standard InChI is InChI=1S/C14H19N3O2/c1-9-14(2,7-8-19-9)17-10-5-4-6-11(18-3)12(10)16-13(17)15/h4-6,9H,7-8H2,1-3H3,(H2,15,16). The SMILES string of the molecule is COc1cccc2c1nc(N)n2C1(C)CCOC1C. The molecule has 3 rings (SSSR count). The van der Waals surface area contributed by atoms with Crippen molar-refractivity contribution in [2.24, 2.45) is 0 Å². The second kappa shape index (κ2) is 4.13. The summed E-state index contributed by atoms with van der Waals surface area (Å²) < 4.78 is 13.2. The minimum Gasteiger partial charge on any atom is -0.494 e. The smallest absolute Gasteiger partial charge is 0.201 e. The van der Waals surface area contributed by atoms with Crippen LogP contribution < -0.4 is 10.5 Å². The molecule has 2 aromatic rings. The number of ether oxygens (including phenoxy) is 2. The van der Waals surface area contributed by atoms with E-state index in [0.717, 1.165) is 29.8 Å². The number of fused-ring (bicyclic) bond motifs is 1. The maximum Gasteiger partial charge on any atom is 0.201 e. The molecule has 19 heavy (non-hydrogen) atoms. The molecule has 5 nitrogen and oxygen atoms in total. The molecule has 1 saturated heterocycles. The first-order chi connectivity index (χ1) is 9.08. The predicted octanol–water partition coefficient (Wildman–Crippen LogP) is 2.15. The van der Waals surface area contributed by atoms with Crippen molar-refractivity contribution >= 4 is 17.0 Å². The van der Waals surface area contributed by atoms with Crippen molar-refractivity contribution in [3.05, 3.63) is 18.2 Å². The number of nitrogens with zero attached hydrogens (tertiary/aromatic N) is 2. The second-order valence-electron chi connectivity index (χ2n) is 5.25. The first kappa shape index (κ1) is 12.3. The van der Waals surface area contributed by atoms with E-state index in [2.05, 4.69) is 23.4 Å². The van der Waals surface area contributed by atoms with E-state index in [4.69, 9.17) is 15.2 Å². The van der Waals surface area contributed by atoms with E-state index < -0.39 is 0 Å². The molecule has 0 saturated carbocycles. The molecule has 1 aliphatic heterocycles. The van der Waals surface area contributed by atoms with Crippen LogP contribution in [-0.2, 0) is 10.3 Å². The van der Waals surface area contributed by atoms with Gasteiger partial charge in [0.2, 0.25) is 5.95 Å². The highest BCUT2D eigenvalue weighted by Crippen LogP contribution is 2.39. The van der Waals surface area contributed by atoms with Crippen LogP contribution in [0.25, 0.3) is 11.0 Å². The fourth-order valence-electron chi connectivity index (χ4n) is 2.91. The number of rotatable bonds is 2.